The van der Waals surface area contributed by atoms with Crippen molar-refractivity contribution in [3.8, 4) is 17.6 Å². The molecule has 0 fully saturated rings. The monoisotopic (exact) mass is 410 g/mol. The Labute approximate surface area is 168 Å². The van der Waals surface area contributed by atoms with E-state index in [-0.39, 0.29) is 35.8 Å². The maximum Gasteiger partial charge on any atom is 0.247 e. The Morgan fingerprint density at radius 2 is 2.04 bits per heavy atom. The van der Waals surface area contributed by atoms with Crippen LogP contribution in [-0.2, 0) is 10.0 Å². The van der Waals surface area contributed by atoms with Gasteiger partial charge in [-0.3, -0.25) is 0 Å². The van der Waals surface area contributed by atoms with E-state index in [2.05, 4.69) is 11.8 Å². The molecular formula is C20H30N2O5S. The smallest absolute Gasteiger partial charge is 0.247 e. The van der Waals surface area contributed by atoms with Gasteiger partial charge < -0.3 is 19.8 Å². The highest BCUT2D eigenvalue weighted by molar-refractivity contribution is 7.89. The minimum atomic E-state index is -3.85. The fourth-order valence-electron chi connectivity index (χ4n) is 3.07. The Balaban J connectivity index is 2.61. The van der Waals surface area contributed by atoms with Crippen molar-refractivity contribution < 1.29 is 23.4 Å². The molecule has 1 aromatic carbocycles. The van der Waals surface area contributed by atoms with Crippen LogP contribution in [0.15, 0.2) is 23.1 Å². The zero-order chi connectivity index (χ0) is 21.1. The Kier molecular flexibility index (Phi) is 7.48. The second kappa shape index (κ2) is 9.25. The topological polar surface area (TPSA) is 90.3 Å². The summed E-state index contributed by atoms with van der Waals surface area (Å²) in [7, 11) is 0.0217. The molecule has 1 aliphatic rings. The van der Waals surface area contributed by atoms with E-state index in [1.54, 1.807) is 26.0 Å². The van der Waals surface area contributed by atoms with Gasteiger partial charge in [-0.1, -0.05) is 18.8 Å². The minimum Gasteiger partial charge on any atom is -0.487 e. The highest BCUT2D eigenvalue weighted by Gasteiger charge is 2.37. The number of aliphatic hydroxyl groups excluding tert-OH is 2. The molecule has 2 rings (SSSR count). The summed E-state index contributed by atoms with van der Waals surface area (Å²) in [5.74, 6) is 5.64. The van der Waals surface area contributed by atoms with E-state index in [0.717, 1.165) is 0 Å². The predicted octanol–water partition coefficient (Wildman–Crippen LogP) is 0.749. The number of fused-ring (bicyclic) bond motifs is 1. The molecule has 0 bridgehead atoms. The van der Waals surface area contributed by atoms with E-state index in [1.807, 2.05) is 25.9 Å². The van der Waals surface area contributed by atoms with Crippen LogP contribution in [0.5, 0.6) is 5.75 Å². The molecule has 0 aromatic heterocycles. The summed E-state index contributed by atoms with van der Waals surface area (Å²) in [6, 6.07) is 4.14. The molecule has 156 valence electrons. The molecule has 0 radical (unpaired) electrons. The summed E-state index contributed by atoms with van der Waals surface area (Å²) in [5, 5.41) is 19.0. The van der Waals surface area contributed by atoms with E-state index in [1.165, 1.54) is 10.4 Å². The second-order valence-corrected chi connectivity index (χ2v) is 9.47. The quantitative estimate of drug-likeness (QED) is 0.712. The summed E-state index contributed by atoms with van der Waals surface area (Å²) in [6.07, 6.45) is -1.02. The average Bonchev–Trinajstić information content (AvgIpc) is 2.61. The molecule has 0 amide bonds. The SMILES string of the molecule is C[C@H](O)C#Cc1ccc2c(c1)O[C@H](CN(C)C)[C@@H](C)CN([C@H](C)CO)S2(=O)=O. The van der Waals surface area contributed by atoms with E-state index in [0.29, 0.717) is 12.1 Å². The molecule has 0 unspecified atom stereocenters. The molecular weight excluding hydrogens is 380 g/mol. The van der Waals surface area contributed by atoms with Crippen LogP contribution in [-0.4, -0.2) is 79.9 Å². The third-order valence-electron chi connectivity index (χ3n) is 4.64. The molecule has 1 aliphatic heterocycles. The Morgan fingerprint density at radius 3 is 2.61 bits per heavy atom. The number of sulfonamides is 1. The lowest BCUT2D eigenvalue weighted by atomic mass is 10.0. The van der Waals surface area contributed by atoms with Crippen molar-refractivity contribution in [2.45, 2.75) is 43.9 Å². The van der Waals surface area contributed by atoms with Crippen LogP contribution < -0.4 is 4.74 Å². The highest BCUT2D eigenvalue weighted by Crippen LogP contribution is 2.34. The normalized spacial score (nSPS) is 24.1. The first kappa shape index (κ1) is 22.7. The minimum absolute atomic E-state index is 0.0612. The van der Waals surface area contributed by atoms with Gasteiger partial charge in [0.15, 0.2) is 0 Å². The molecule has 0 saturated heterocycles. The van der Waals surface area contributed by atoms with Crippen molar-refractivity contribution in [1.82, 2.24) is 9.21 Å². The van der Waals surface area contributed by atoms with Crippen LogP contribution in [0.25, 0.3) is 0 Å². The van der Waals surface area contributed by atoms with Crippen molar-refractivity contribution in [3.63, 3.8) is 0 Å². The number of benzene rings is 1. The van der Waals surface area contributed by atoms with Crippen LogP contribution in [0.1, 0.15) is 26.3 Å². The number of ether oxygens (including phenoxy) is 1. The fraction of sp³-hybridized carbons (Fsp3) is 0.600. The molecule has 0 saturated carbocycles. The van der Waals surface area contributed by atoms with Gasteiger partial charge in [0.05, 0.1) is 6.61 Å². The molecule has 1 aromatic rings. The highest BCUT2D eigenvalue weighted by atomic mass is 32.2. The first-order chi connectivity index (χ1) is 13.1. The van der Waals surface area contributed by atoms with Gasteiger partial charge in [-0.15, -0.1) is 0 Å². The number of rotatable bonds is 4. The molecule has 2 N–H and O–H groups in total. The molecule has 1 heterocycles. The van der Waals surface area contributed by atoms with E-state index in [4.69, 9.17) is 4.74 Å². The maximum atomic E-state index is 13.3. The van der Waals surface area contributed by atoms with Crippen LogP contribution >= 0.6 is 0 Å². The van der Waals surface area contributed by atoms with Gasteiger partial charge in [0, 0.05) is 30.6 Å². The van der Waals surface area contributed by atoms with Gasteiger partial charge in [0.25, 0.3) is 0 Å². The zero-order valence-electron chi connectivity index (χ0n) is 17.1. The van der Waals surface area contributed by atoms with Gasteiger partial charge in [-0.05, 0) is 46.1 Å². The number of nitrogens with zero attached hydrogens (tertiary/aromatic N) is 2. The Morgan fingerprint density at radius 1 is 1.36 bits per heavy atom. The Hall–Kier alpha value is -1.63. The van der Waals surface area contributed by atoms with Gasteiger partial charge in [-0.25, -0.2) is 8.42 Å². The lowest BCUT2D eigenvalue weighted by Gasteiger charge is -2.37. The van der Waals surface area contributed by atoms with Gasteiger partial charge in [-0.2, -0.15) is 4.31 Å². The van der Waals surface area contributed by atoms with Crippen molar-refractivity contribution in [1.29, 1.82) is 0 Å². The van der Waals surface area contributed by atoms with Gasteiger partial charge in [0.1, 0.15) is 22.9 Å². The number of likely N-dealkylation sites (N-methyl/N-ethyl adjacent to an activating group) is 1. The molecule has 8 heteroatoms. The summed E-state index contributed by atoms with van der Waals surface area (Å²) in [5.41, 5.74) is 0.563. The zero-order valence-corrected chi connectivity index (χ0v) is 17.9. The van der Waals surface area contributed by atoms with Crippen LogP contribution in [0.3, 0.4) is 0 Å². The van der Waals surface area contributed by atoms with E-state index >= 15 is 0 Å². The summed E-state index contributed by atoms with van der Waals surface area (Å²) in [4.78, 5) is 2.06. The van der Waals surface area contributed by atoms with Gasteiger partial charge in [0.2, 0.25) is 10.0 Å². The number of hydrogen-bond acceptors (Lipinski definition) is 6. The number of aliphatic hydroxyl groups is 2. The standard InChI is InChI=1S/C20H30N2O5S/c1-14-11-22(15(2)13-23)28(25,26)20-9-8-17(7-6-16(3)24)10-18(20)27-19(14)12-21(4)5/h8-10,14-16,19,23-24H,11-13H2,1-5H3/t14-,15+,16-,19+/m0/s1. The third-order valence-corrected chi connectivity index (χ3v) is 6.66. The molecule has 0 aliphatic carbocycles. The van der Waals surface area contributed by atoms with Crippen LogP contribution in [0, 0.1) is 17.8 Å². The van der Waals surface area contributed by atoms with Crippen LogP contribution in [0.2, 0.25) is 0 Å². The third kappa shape index (κ3) is 5.25. The summed E-state index contributed by atoms with van der Waals surface area (Å²) in [6.45, 7) is 5.80. The van der Waals surface area contributed by atoms with Crippen molar-refractivity contribution in [3.05, 3.63) is 23.8 Å². The lowest BCUT2D eigenvalue weighted by molar-refractivity contribution is 0.0812. The fourth-order valence-corrected chi connectivity index (χ4v) is 4.89. The summed E-state index contributed by atoms with van der Waals surface area (Å²) < 4.78 is 34.1. The lowest BCUT2D eigenvalue weighted by Crippen LogP contribution is -2.49. The largest absolute Gasteiger partial charge is 0.487 e. The molecule has 7 nitrogen and oxygen atoms in total. The van der Waals surface area contributed by atoms with Gasteiger partial charge >= 0.3 is 0 Å². The first-order valence-electron chi connectivity index (χ1n) is 9.34. The van der Waals surface area contributed by atoms with Crippen molar-refractivity contribution in [2.75, 3.05) is 33.8 Å². The summed E-state index contributed by atoms with van der Waals surface area (Å²) >= 11 is 0. The second-order valence-electron chi connectivity index (χ2n) is 7.61. The van der Waals surface area contributed by atoms with E-state index in [9.17, 15) is 18.6 Å². The molecule has 4 atom stereocenters. The predicted molar refractivity (Wildman–Crippen MR) is 108 cm³/mol. The molecule has 28 heavy (non-hydrogen) atoms. The first-order valence-corrected chi connectivity index (χ1v) is 10.8. The molecule has 0 spiro atoms. The average molecular weight is 411 g/mol. The number of hydrogen-bond donors (Lipinski definition) is 2. The maximum absolute atomic E-state index is 13.3. The van der Waals surface area contributed by atoms with Crippen molar-refractivity contribution in [2.24, 2.45) is 5.92 Å². The van der Waals surface area contributed by atoms with Crippen LogP contribution in [0.4, 0.5) is 0 Å². The van der Waals surface area contributed by atoms with E-state index < -0.39 is 22.2 Å². The Bertz CT molecular complexity index is 842. The van der Waals surface area contributed by atoms with Crippen molar-refractivity contribution >= 4 is 10.0 Å².